The lowest BCUT2D eigenvalue weighted by molar-refractivity contribution is 0.251. The van der Waals surface area contributed by atoms with Gasteiger partial charge in [-0.3, -0.25) is 9.98 Å². The van der Waals surface area contributed by atoms with Gasteiger partial charge in [-0.25, -0.2) is 0 Å². The van der Waals surface area contributed by atoms with E-state index >= 15 is 0 Å². The molecule has 1 spiro atoms. The Labute approximate surface area is 132 Å². The Hall–Kier alpha value is -1.03. The van der Waals surface area contributed by atoms with Crippen LogP contribution in [0.1, 0.15) is 50.8 Å². The van der Waals surface area contributed by atoms with Crippen molar-refractivity contribution in [3.8, 4) is 0 Å². The third-order valence-electron chi connectivity index (χ3n) is 4.83. The predicted molar refractivity (Wildman–Crippen MR) is 90.7 cm³/mol. The normalized spacial score (nSPS) is 30.8. The first-order valence-electron chi connectivity index (χ1n) is 8.09. The van der Waals surface area contributed by atoms with Crippen molar-refractivity contribution in [3.63, 3.8) is 0 Å². The second kappa shape index (κ2) is 6.39. The summed E-state index contributed by atoms with van der Waals surface area (Å²) in [5, 5.41) is 4.84. The number of amidine groups is 1. The lowest BCUT2D eigenvalue weighted by Gasteiger charge is -2.35. The maximum absolute atomic E-state index is 4.78. The predicted octanol–water partition coefficient (Wildman–Crippen LogP) is 3.79. The van der Waals surface area contributed by atoms with Crippen LogP contribution in [0.5, 0.6) is 0 Å². The van der Waals surface area contributed by atoms with Crippen LogP contribution in [0.15, 0.2) is 23.3 Å². The van der Waals surface area contributed by atoms with Crippen molar-refractivity contribution >= 4 is 16.9 Å². The highest BCUT2D eigenvalue weighted by Gasteiger charge is 2.39. The standard InChI is InChI=1S/C17H25N3S/c1-3-14-5-4-10-18-15(14)11-19-16-20-17(12-21-16)8-6-13(2)7-9-17/h4-5,10,13H,3,6-9,11-12H2,1-2H3,(H,19,20). The van der Waals surface area contributed by atoms with E-state index in [9.17, 15) is 0 Å². The Kier molecular flexibility index (Phi) is 4.53. The Bertz CT molecular complexity index is 519. The molecular formula is C17H25N3S. The molecule has 0 unspecified atom stereocenters. The van der Waals surface area contributed by atoms with E-state index in [0.717, 1.165) is 23.2 Å². The molecule has 1 aromatic rings. The summed E-state index contributed by atoms with van der Waals surface area (Å²) in [7, 11) is 0. The summed E-state index contributed by atoms with van der Waals surface area (Å²) in [6.07, 6.45) is 8.18. The van der Waals surface area contributed by atoms with Gasteiger partial charge in [0.15, 0.2) is 5.17 Å². The molecule has 2 fully saturated rings. The van der Waals surface area contributed by atoms with E-state index in [0.29, 0.717) is 12.1 Å². The summed E-state index contributed by atoms with van der Waals surface area (Å²) in [6, 6.07) is 4.16. The number of hydrogen-bond acceptors (Lipinski definition) is 3. The fourth-order valence-corrected chi connectivity index (χ4v) is 4.48. The van der Waals surface area contributed by atoms with E-state index in [2.05, 4.69) is 30.2 Å². The lowest BCUT2D eigenvalue weighted by Crippen LogP contribution is -2.46. The van der Waals surface area contributed by atoms with Gasteiger partial charge in [0.1, 0.15) is 0 Å². The number of pyridine rings is 1. The molecule has 3 rings (SSSR count). The monoisotopic (exact) mass is 303 g/mol. The van der Waals surface area contributed by atoms with Crippen LogP contribution in [-0.4, -0.2) is 21.4 Å². The topological polar surface area (TPSA) is 37.3 Å². The first-order valence-corrected chi connectivity index (χ1v) is 9.07. The van der Waals surface area contributed by atoms with Gasteiger partial charge in [-0.1, -0.05) is 31.7 Å². The third kappa shape index (κ3) is 3.42. The molecule has 0 radical (unpaired) electrons. The molecule has 3 nitrogen and oxygen atoms in total. The Morgan fingerprint density at radius 2 is 2.24 bits per heavy atom. The molecule has 114 valence electrons. The first kappa shape index (κ1) is 14.9. The second-order valence-corrected chi connectivity index (χ2v) is 7.42. The molecule has 0 atom stereocenters. The van der Waals surface area contributed by atoms with Crippen molar-refractivity contribution in [1.29, 1.82) is 0 Å². The van der Waals surface area contributed by atoms with Gasteiger partial charge in [0.2, 0.25) is 0 Å². The maximum atomic E-state index is 4.78. The molecule has 1 aromatic heterocycles. The number of thioether (sulfide) groups is 1. The van der Waals surface area contributed by atoms with Crippen LogP contribution in [0.25, 0.3) is 0 Å². The van der Waals surface area contributed by atoms with E-state index in [-0.39, 0.29) is 0 Å². The second-order valence-electron chi connectivity index (χ2n) is 6.46. The smallest absolute Gasteiger partial charge is 0.157 e. The van der Waals surface area contributed by atoms with E-state index < -0.39 is 0 Å². The number of nitrogens with zero attached hydrogens (tertiary/aromatic N) is 2. The van der Waals surface area contributed by atoms with Crippen LogP contribution in [-0.2, 0) is 13.0 Å². The Morgan fingerprint density at radius 3 is 3.00 bits per heavy atom. The van der Waals surface area contributed by atoms with Crippen molar-refractivity contribution in [3.05, 3.63) is 29.6 Å². The van der Waals surface area contributed by atoms with Crippen molar-refractivity contribution < 1.29 is 0 Å². The molecule has 1 aliphatic heterocycles. The lowest BCUT2D eigenvalue weighted by atomic mass is 9.78. The molecular weight excluding hydrogens is 278 g/mol. The van der Waals surface area contributed by atoms with Crippen molar-refractivity contribution in [2.24, 2.45) is 10.9 Å². The van der Waals surface area contributed by atoms with Gasteiger partial charge >= 0.3 is 0 Å². The molecule has 1 saturated carbocycles. The summed E-state index contributed by atoms with van der Waals surface area (Å²) in [5.41, 5.74) is 2.76. The highest BCUT2D eigenvalue weighted by Crippen LogP contribution is 2.38. The number of aromatic nitrogens is 1. The molecule has 4 heteroatoms. The zero-order valence-electron chi connectivity index (χ0n) is 13.1. The van der Waals surface area contributed by atoms with Crippen LogP contribution in [0.3, 0.4) is 0 Å². The van der Waals surface area contributed by atoms with E-state index in [1.54, 1.807) is 0 Å². The molecule has 2 aliphatic rings. The van der Waals surface area contributed by atoms with Crippen molar-refractivity contribution in [2.45, 2.75) is 58.0 Å². The van der Waals surface area contributed by atoms with Crippen LogP contribution >= 0.6 is 11.8 Å². The van der Waals surface area contributed by atoms with Crippen molar-refractivity contribution in [2.75, 3.05) is 5.75 Å². The molecule has 1 saturated heterocycles. The molecule has 1 aliphatic carbocycles. The molecule has 0 amide bonds. The number of aliphatic imine (C=N–C) groups is 1. The number of nitrogens with one attached hydrogen (secondary N) is 1. The highest BCUT2D eigenvalue weighted by atomic mass is 32.2. The summed E-state index contributed by atoms with van der Waals surface area (Å²) < 4.78 is 0. The first-order chi connectivity index (χ1) is 10.2. The number of hydrogen-bond donors (Lipinski definition) is 1. The molecule has 2 heterocycles. The SMILES string of the molecule is CCc1cccnc1CN=C1NC2(CCC(C)CC2)CS1. The van der Waals surface area contributed by atoms with E-state index in [1.807, 2.05) is 24.0 Å². The van der Waals surface area contributed by atoms with Crippen LogP contribution < -0.4 is 5.32 Å². The molecule has 0 aromatic carbocycles. The number of aryl methyl sites for hydroxylation is 1. The van der Waals surface area contributed by atoms with Gasteiger partial charge in [0.05, 0.1) is 12.2 Å². The highest BCUT2D eigenvalue weighted by molar-refractivity contribution is 8.14. The fourth-order valence-electron chi connectivity index (χ4n) is 3.26. The fraction of sp³-hybridized carbons (Fsp3) is 0.647. The minimum Gasteiger partial charge on any atom is -0.359 e. The maximum Gasteiger partial charge on any atom is 0.157 e. The summed E-state index contributed by atoms with van der Waals surface area (Å²) in [5.74, 6) is 2.07. The quantitative estimate of drug-likeness (QED) is 0.923. The van der Waals surface area contributed by atoms with Crippen LogP contribution in [0, 0.1) is 5.92 Å². The van der Waals surface area contributed by atoms with Gasteiger partial charge in [-0.2, -0.15) is 0 Å². The minimum absolute atomic E-state index is 0.327. The summed E-state index contributed by atoms with van der Waals surface area (Å²) in [6.45, 7) is 5.25. The molecule has 0 bridgehead atoms. The third-order valence-corrected chi connectivity index (χ3v) is 6.03. The van der Waals surface area contributed by atoms with E-state index in [1.165, 1.54) is 37.0 Å². The van der Waals surface area contributed by atoms with E-state index in [4.69, 9.17) is 4.99 Å². The largest absolute Gasteiger partial charge is 0.359 e. The van der Waals surface area contributed by atoms with Crippen molar-refractivity contribution in [1.82, 2.24) is 10.3 Å². The average Bonchev–Trinajstić information content (AvgIpc) is 2.92. The van der Waals surface area contributed by atoms with Gasteiger partial charge < -0.3 is 5.32 Å². The zero-order valence-corrected chi connectivity index (χ0v) is 13.9. The Morgan fingerprint density at radius 1 is 1.43 bits per heavy atom. The summed E-state index contributed by atoms with van der Waals surface area (Å²) >= 11 is 1.89. The molecule has 1 N–H and O–H groups in total. The zero-order chi connectivity index (χ0) is 14.7. The van der Waals surface area contributed by atoms with Gasteiger partial charge in [-0.15, -0.1) is 0 Å². The van der Waals surface area contributed by atoms with Gasteiger partial charge in [0.25, 0.3) is 0 Å². The van der Waals surface area contributed by atoms with Crippen LogP contribution in [0.2, 0.25) is 0 Å². The van der Waals surface area contributed by atoms with Crippen LogP contribution in [0.4, 0.5) is 0 Å². The Balaban J connectivity index is 1.63. The minimum atomic E-state index is 0.327. The average molecular weight is 303 g/mol. The summed E-state index contributed by atoms with van der Waals surface area (Å²) in [4.78, 5) is 9.26. The van der Waals surface area contributed by atoms with Gasteiger partial charge in [0, 0.05) is 17.5 Å². The molecule has 21 heavy (non-hydrogen) atoms. The van der Waals surface area contributed by atoms with Gasteiger partial charge in [-0.05, 0) is 49.7 Å². The number of rotatable bonds is 3.